The first-order chi connectivity index (χ1) is 9.58. The summed E-state index contributed by atoms with van der Waals surface area (Å²) in [6, 6.07) is 8.40. The standard InChI is InChI=1S/C17H24N2O/c1-11(2)13-8-9-17(20)16(10-13)19-12(3)18-14-6-4-5-7-15(14)19/h4-7,11,13,16-17,20H,8-10H2,1-3H3. The minimum absolute atomic E-state index is 0.170. The van der Waals surface area contributed by atoms with Crippen molar-refractivity contribution in [2.45, 2.75) is 52.2 Å². The molecule has 3 heteroatoms. The largest absolute Gasteiger partial charge is 0.391 e. The number of hydrogen-bond acceptors (Lipinski definition) is 2. The lowest BCUT2D eigenvalue weighted by molar-refractivity contribution is 0.0445. The van der Waals surface area contributed by atoms with Crippen molar-refractivity contribution < 1.29 is 5.11 Å². The van der Waals surface area contributed by atoms with Crippen LogP contribution in [0.15, 0.2) is 24.3 Å². The van der Waals surface area contributed by atoms with Gasteiger partial charge >= 0.3 is 0 Å². The molecule has 1 saturated carbocycles. The van der Waals surface area contributed by atoms with Gasteiger partial charge in [-0.15, -0.1) is 0 Å². The van der Waals surface area contributed by atoms with Crippen molar-refractivity contribution in [3.63, 3.8) is 0 Å². The van der Waals surface area contributed by atoms with Gasteiger partial charge in [0.2, 0.25) is 0 Å². The van der Waals surface area contributed by atoms with Gasteiger partial charge in [-0.25, -0.2) is 4.98 Å². The molecule has 0 spiro atoms. The van der Waals surface area contributed by atoms with Crippen LogP contribution in [-0.4, -0.2) is 20.8 Å². The Morgan fingerprint density at radius 2 is 2.00 bits per heavy atom. The van der Waals surface area contributed by atoms with E-state index in [-0.39, 0.29) is 12.1 Å². The Kier molecular flexibility index (Phi) is 3.55. The first-order valence-electron chi connectivity index (χ1n) is 7.69. The van der Waals surface area contributed by atoms with Gasteiger partial charge in [-0.2, -0.15) is 0 Å². The van der Waals surface area contributed by atoms with E-state index in [1.165, 1.54) is 0 Å². The van der Waals surface area contributed by atoms with Crippen LogP contribution < -0.4 is 0 Å². The van der Waals surface area contributed by atoms with E-state index in [0.29, 0.717) is 11.8 Å². The molecule has 0 aliphatic heterocycles. The minimum Gasteiger partial charge on any atom is -0.391 e. The molecular formula is C17H24N2O. The molecule has 1 aromatic carbocycles. The summed E-state index contributed by atoms with van der Waals surface area (Å²) in [4.78, 5) is 4.64. The van der Waals surface area contributed by atoms with Gasteiger partial charge in [-0.3, -0.25) is 0 Å². The van der Waals surface area contributed by atoms with Crippen LogP contribution in [0, 0.1) is 18.8 Å². The summed E-state index contributed by atoms with van der Waals surface area (Å²) in [6.45, 7) is 6.63. The third-order valence-corrected chi connectivity index (χ3v) is 4.87. The number of fused-ring (bicyclic) bond motifs is 1. The first-order valence-corrected chi connectivity index (χ1v) is 7.69. The smallest absolute Gasteiger partial charge is 0.107 e. The Morgan fingerprint density at radius 1 is 1.25 bits per heavy atom. The summed E-state index contributed by atoms with van der Waals surface area (Å²) in [5.74, 6) is 2.39. The van der Waals surface area contributed by atoms with E-state index in [9.17, 15) is 5.11 Å². The maximum Gasteiger partial charge on any atom is 0.107 e. The summed E-state index contributed by atoms with van der Waals surface area (Å²) in [7, 11) is 0. The molecule has 1 aliphatic rings. The fourth-order valence-electron chi connectivity index (χ4n) is 3.63. The Hall–Kier alpha value is -1.35. The van der Waals surface area contributed by atoms with Crippen molar-refractivity contribution in [2.75, 3.05) is 0 Å². The molecule has 1 N–H and O–H groups in total. The second-order valence-electron chi connectivity index (χ2n) is 6.47. The molecule has 1 fully saturated rings. The van der Waals surface area contributed by atoms with Gasteiger partial charge < -0.3 is 9.67 Å². The van der Waals surface area contributed by atoms with E-state index in [2.05, 4.69) is 35.5 Å². The zero-order chi connectivity index (χ0) is 14.3. The summed E-state index contributed by atoms with van der Waals surface area (Å²) >= 11 is 0. The van der Waals surface area contributed by atoms with Gasteiger partial charge in [0.1, 0.15) is 5.82 Å². The van der Waals surface area contributed by atoms with E-state index in [1.807, 2.05) is 19.1 Å². The van der Waals surface area contributed by atoms with E-state index in [4.69, 9.17) is 0 Å². The van der Waals surface area contributed by atoms with Crippen LogP contribution in [0.3, 0.4) is 0 Å². The van der Waals surface area contributed by atoms with Crippen LogP contribution in [0.1, 0.15) is 45.0 Å². The van der Waals surface area contributed by atoms with Crippen LogP contribution in [-0.2, 0) is 0 Å². The lowest BCUT2D eigenvalue weighted by Gasteiger charge is -2.36. The first kappa shape index (κ1) is 13.6. The molecule has 3 atom stereocenters. The van der Waals surface area contributed by atoms with Crippen molar-refractivity contribution in [1.82, 2.24) is 9.55 Å². The predicted molar refractivity (Wildman–Crippen MR) is 81.7 cm³/mol. The molecule has 3 nitrogen and oxygen atoms in total. The number of hydrogen-bond donors (Lipinski definition) is 1. The molecule has 3 rings (SSSR count). The average molecular weight is 272 g/mol. The summed E-state index contributed by atoms with van der Waals surface area (Å²) in [5, 5.41) is 10.5. The molecule has 0 radical (unpaired) electrons. The van der Waals surface area contributed by atoms with Crippen LogP contribution in [0.25, 0.3) is 11.0 Å². The number of imidazole rings is 1. The van der Waals surface area contributed by atoms with E-state index >= 15 is 0 Å². The molecule has 0 saturated heterocycles. The Balaban J connectivity index is 2.02. The van der Waals surface area contributed by atoms with Crippen LogP contribution in [0.2, 0.25) is 0 Å². The van der Waals surface area contributed by atoms with Crippen molar-refractivity contribution in [3.05, 3.63) is 30.1 Å². The highest BCUT2D eigenvalue weighted by Crippen LogP contribution is 2.38. The molecule has 3 unspecified atom stereocenters. The van der Waals surface area contributed by atoms with Crippen molar-refractivity contribution in [3.8, 4) is 0 Å². The normalized spacial score (nSPS) is 27.4. The number of aryl methyl sites for hydroxylation is 1. The third kappa shape index (κ3) is 2.24. The van der Waals surface area contributed by atoms with Gasteiger partial charge in [0.15, 0.2) is 0 Å². The molecule has 108 valence electrons. The summed E-state index contributed by atoms with van der Waals surface area (Å²) < 4.78 is 2.26. The molecule has 20 heavy (non-hydrogen) atoms. The maximum absolute atomic E-state index is 10.5. The molecule has 1 aliphatic carbocycles. The number of nitrogens with zero attached hydrogens (tertiary/aromatic N) is 2. The lowest BCUT2D eigenvalue weighted by atomic mass is 9.78. The molecule has 0 amide bonds. The monoisotopic (exact) mass is 272 g/mol. The van der Waals surface area contributed by atoms with Gasteiger partial charge in [-0.1, -0.05) is 26.0 Å². The van der Waals surface area contributed by atoms with Gasteiger partial charge in [0.05, 0.1) is 23.2 Å². The maximum atomic E-state index is 10.5. The number of aliphatic hydroxyl groups is 1. The van der Waals surface area contributed by atoms with Crippen LogP contribution in [0.4, 0.5) is 0 Å². The number of benzene rings is 1. The molecular weight excluding hydrogens is 248 g/mol. The van der Waals surface area contributed by atoms with E-state index < -0.39 is 0 Å². The molecule has 0 bridgehead atoms. The Labute approximate surface area is 120 Å². The average Bonchev–Trinajstić information content (AvgIpc) is 2.75. The van der Waals surface area contributed by atoms with E-state index in [0.717, 1.165) is 36.1 Å². The topological polar surface area (TPSA) is 38.0 Å². The van der Waals surface area contributed by atoms with Gasteiger partial charge in [0, 0.05) is 0 Å². The number of aromatic nitrogens is 2. The highest BCUT2D eigenvalue weighted by Gasteiger charge is 2.33. The SMILES string of the molecule is Cc1nc2ccccc2n1C1CC(C(C)C)CCC1O. The Morgan fingerprint density at radius 3 is 2.75 bits per heavy atom. The Bertz CT molecular complexity index is 602. The quantitative estimate of drug-likeness (QED) is 0.905. The second-order valence-corrected chi connectivity index (χ2v) is 6.47. The molecule has 1 heterocycles. The van der Waals surface area contributed by atoms with Crippen molar-refractivity contribution in [2.24, 2.45) is 11.8 Å². The highest BCUT2D eigenvalue weighted by molar-refractivity contribution is 5.76. The van der Waals surface area contributed by atoms with Crippen molar-refractivity contribution >= 4 is 11.0 Å². The fraction of sp³-hybridized carbons (Fsp3) is 0.588. The summed E-state index contributed by atoms with van der Waals surface area (Å²) in [6.07, 6.45) is 2.85. The van der Waals surface area contributed by atoms with Gasteiger partial charge in [0.25, 0.3) is 0 Å². The van der Waals surface area contributed by atoms with E-state index in [1.54, 1.807) is 0 Å². The lowest BCUT2D eigenvalue weighted by Crippen LogP contribution is -2.33. The minimum atomic E-state index is -0.249. The number of aliphatic hydroxyl groups excluding tert-OH is 1. The number of para-hydroxylation sites is 2. The zero-order valence-corrected chi connectivity index (χ0v) is 12.6. The van der Waals surface area contributed by atoms with Crippen LogP contribution >= 0.6 is 0 Å². The van der Waals surface area contributed by atoms with Crippen LogP contribution in [0.5, 0.6) is 0 Å². The summed E-state index contributed by atoms with van der Waals surface area (Å²) in [5.41, 5.74) is 2.18. The highest BCUT2D eigenvalue weighted by atomic mass is 16.3. The third-order valence-electron chi connectivity index (χ3n) is 4.87. The zero-order valence-electron chi connectivity index (χ0n) is 12.6. The van der Waals surface area contributed by atoms with Gasteiger partial charge in [-0.05, 0) is 50.2 Å². The molecule has 2 aromatic rings. The van der Waals surface area contributed by atoms with Crippen molar-refractivity contribution in [1.29, 1.82) is 0 Å². The predicted octanol–water partition coefficient (Wildman–Crippen LogP) is 3.70. The molecule has 1 aromatic heterocycles. The fourth-order valence-corrected chi connectivity index (χ4v) is 3.63. The number of rotatable bonds is 2. The second kappa shape index (κ2) is 5.21.